The number of hydrogen-bond donors (Lipinski definition) is 0. The lowest BCUT2D eigenvalue weighted by Gasteiger charge is -2.36. The van der Waals surface area contributed by atoms with E-state index in [1.165, 1.54) is 46.2 Å². The summed E-state index contributed by atoms with van der Waals surface area (Å²) in [5.41, 5.74) is 7.40. The molecule has 0 amide bonds. The molecule has 0 N–H and O–H groups in total. The van der Waals surface area contributed by atoms with Crippen LogP contribution in [0.3, 0.4) is 0 Å². The Morgan fingerprint density at radius 1 is 0.643 bits per heavy atom. The van der Waals surface area contributed by atoms with Gasteiger partial charge in [0.1, 0.15) is 11.5 Å². The average Bonchev–Trinajstić information content (AvgIpc) is 2.81. The van der Waals surface area contributed by atoms with Gasteiger partial charge in [-0.2, -0.15) is 0 Å². The first-order valence-electron chi connectivity index (χ1n) is 16.3. The molecule has 0 aliphatic carbocycles. The third-order valence-corrected chi connectivity index (χ3v) is 9.53. The quantitative estimate of drug-likeness (QED) is 0.235. The molecule has 1 aliphatic heterocycles. The van der Waals surface area contributed by atoms with Gasteiger partial charge in [-0.3, -0.25) is 4.52 Å². The predicted octanol–water partition coefficient (Wildman–Crippen LogP) is 12.3. The Balaban J connectivity index is 2.26. The highest BCUT2D eigenvalue weighted by atomic mass is 31.2. The molecule has 0 saturated heterocycles. The maximum Gasteiger partial charge on any atom is 0.463 e. The SMILES string of the molecule is CC(C)CCCCCOP1Oc2c(cc(C(C)(C)C)cc2C(C)(C)C)C(C)c2cc(C(C)(C)C)cc(C(C)(C)C)c2O1. The van der Waals surface area contributed by atoms with E-state index in [0.29, 0.717) is 6.61 Å². The molecule has 0 aromatic heterocycles. The maximum atomic E-state index is 6.92. The van der Waals surface area contributed by atoms with E-state index in [4.69, 9.17) is 13.6 Å². The first-order chi connectivity index (χ1) is 19.1. The maximum absolute atomic E-state index is 6.92. The fraction of sp³-hybridized carbons (Fsp3) is 0.684. The van der Waals surface area contributed by atoms with Crippen molar-refractivity contribution in [3.63, 3.8) is 0 Å². The molecule has 0 radical (unpaired) electrons. The molecule has 236 valence electrons. The monoisotopic (exact) mass is 596 g/mol. The zero-order valence-electron chi connectivity index (χ0n) is 29.7. The van der Waals surface area contributed by atoms with Gasteiger partial charge in [-0.25, -0.2) is 0 Å². The Bertz CT molecular complexity index is 1130. The van der Waals surface area contributed by atoms with E-state index in [9.17, 15) is 0 Å². The van der Waals surface area contributed by atoms with Gasteiger partial charge in [-0.1, -0.05) is 147 Å². The normalized spacial score (nSPS) is 18.1. The molecule has 1 heterocycles. The van der Waals surface area contributed by atoms with E-state index in [1.54, 1.807) is 0 Å². The summed E-state index contributed by atoms with van der Waals surface area (Å²) >= 11 is 0. The smallest absolute Gasteiger partial charge is 0.417 e. The molecular formula is C38H61O3P. The van der Waals surface area contributed by atoms with Crippen molar-refractivity contribution in [1.82, 2.24) is 0 Å². The van der Waals surface area contributed by atoms with Crippen LogP contribution in [-0.4, -0.2) is 6.61 Å². The van der Waals surface area contributed by atoms with E-state index >= 15 is 0 Å². The summed E-state index contributed by atoms with van der Waals surface area (Å²) in [4.78, 5) is 0. The summed E-state index contributed by atoms with van der Waals surface area (Å²) in [5, 5.41) is 0. The van der Waals surface area contributed by atoms with E-state index < -0.39 is 8.60 Å². The fourth-order valence-electron chi connectivity index (χ4n) is 5.49. The zero-order chi connectivity index (χ0) is 31.8. The molecular weight excluding hydrogens is 535 g/mol. The average molecular weight is 597 g/mol. The molecule has 3 rings (SSSR count). The number of fused-ring (bicyclic) bond motifs is 2. The molecule has 0 saturated carbocycles. The van der Waals surface area contributed by atoms with Crippen LogP contribution in [-0.2, 0) is 26.2 Å². The van der Waals surface area contributed by atoms with E-state index in [2.05, 4.69) is 128 Å². The molecule has 0 atom stereocenters. The van der Waals surface area contributed by atoms with Crippen molar-refractivity contribution in [3.05, 3.63) is 57.6 Å². The van der Waals surface area contributed by atoms with Gasteiger partial charge in [0.25, 0.3) is 0 Å². The lowest BCUT2D eigenvalue weighted by atomic mass is 9.74. The lowest BCUT2D eigenvalue weighted by molar-refractivity contribution is 0.252. The minimum Gasteiger partial charge on any atom is -0.417 e. The van der Waals surface area contributed by atoms with Gasteiger partial charge >= 0.3 is 8.60 Å². The van der Waals surface area contributed by atoms with Gasteiger partial charge in [0.15, 0.2) is 0 Å². The first kappa shape index (κ1) is 34.9. The zero-order valence-corrected chi connectivity index (χ0v) is 30.6. The van der Waals surface area contributed by atoms with Gasteiger partial charge in [-0.05, 0) is 45.1 Å². The summed E-state index contributed by atoms with van der Waals surface area (Å²) in [6, 6.07) is 9.51. The second-order valence-electron chi connectivity index (χ2n) is 17.1. The molecule has 4 heteroatoms. The van der Waals surface area contributed by atoms with Crippen molar-refractivity contribution in [3.8, 4) is 11.5 Å². The fourth-order valence-corrected chi connectivity index (χ4v) is 6.61. The first-order valence-corrected chi connectivity index (χ1v) is 17.4. The summed E-state index contributed by atoms with van der Waals surface area (Å²) in [7, 11) is -1.64. The number of hydrogen-bond acceptors (Lipinski definition) is 3. The Morgan fingerprint density at radius 3 is 1.43 bits per heavy atom. The number of unbranched alkanes of at least 4 members (excludes halogenated alkanes) is 2. The van der Waals surface area contributed by atoms with Gasteiger partial charge < -0.3 is 9.05 Å². The van der Waals surface area contributed by atoms with Crippen LogP contribution in [0.25, 0.3) is 0 Å². The minimum absolute atomic E-state index is 0.0114. The molecule has 2 aromatic carbocycles. The van der Waals surface area contributed by atoms with E-state index in [1.807, 2.05) is 0 Å². The lowest BCUT2D eigenvalue weighted by Crippen LogP contribution is -2.23. The highest BCUT2D eigenvalue weighted by Gasteiger charge is 2.37. The molecule has 2 aromatic rings. The van der Waals surface area contributed by atoms with Crippen molar-refractivity contribution < 1.29 is 13.6 Å². The van der Waals surface area contributed by atoms with E-state index in [-0.39, 0.29) is 27.6 Å². The van der Waals surface area contributed by atoms with E-state index in [0.717, 1.165) is 30.3 Å². The Labute approximate surface area is 260 Å². The summed E-state index contributed by atoms with van der Waals surface area (Å²) in [6.07, 6.45) is 4.67. The summed E-state index contributed by atoms with van der Waals surface area (Å²) in [5.74, 6) is 2.72. The van der Waals surface area contributed by atoms with Crippen molar-refractivity contribution in [2.75, 3.05) is 6.61 Å². The van der Waals surface area contributed by atoms with Gasteiger partial charge in [0, 0.05) is 28.2 Å². The van der Waals surface area contributed by atoms with Crippen molar-refractivity contribution >= 4 is 8.60 Å². The second-order valence-corrected chi connectivity index (χ2v) is 18.2. The highest BCUT2D eigenvalue weighted by molar-refractivity contribution is 7.42. The van der Waals surface area contributed by atoms with Crippen LogP contribution >= 0.6 is 8.60 Å². The Hall–Kier alpha value is -1.57. The van der Waals surface area contributed by atoms with Crippen LogP contribution in [0, 0.1) is 5.92 Å². The van der Waals surface area contributed by atoms with Crippen LogP contribution in [0.4, 0.5) is 0 Å². The minimum atomic E-state index is -1.64. The van der Waals surface area contributed by atoms with Gasteiger partial charge in [0.05, 0.1) is 6.61 Å². The predicted molar refractivity (Wildman–Crippen MR) is 183 cm³/mol. The van der Waals surface area contributed by atoms with Crippen LogP contribution in [0.1, 0.15) is 169 Å². The largest absolute Gasteiger partial charge is 0.463 e. The number of benzene rings is 2. The third kappa shape index (κ3) is 8.53. The number of rotatable bonds is 7. The molecule has 1 aliphatic rings. The van der Waals surface area contributed by atoms with Crippen molar-refractivity contribution in [2.24, 2.45) is 5.92 Å². The third-order valence-electron chi connectivity index (χ3n) is 8.47. The second kappa shape index (κ2) is 12.8. The van der Waals surface area contributed by atoms with Gasteiger partial charge in [0.2, 0.25) is 0 Å². The molecule has 0 spiro atoms. The van der Waals surface area contributed by atoms with Gasteiger partial charge in [-0.15, -0.1) is 0 Å². The Kier molecular flexibility index (Phi) is 10.6. The summed E-state index contributed by atoms with van der Waals surface area (Å²) in [6.45, 7) is 35.1. The Morgan fingerprint density at radius 2 is 1.07 bits per heavy atom. The molecule has 3 nitrogen and oxygen atoms in total. The topological polar surface area (TPSA) is 27.7 Å². The molecule has 0 fully saturated rings. The molecule has 0 bridgehead atoms. The molecule has 42 heavy (non-hydrogen) atoms. The van der Waals surface area contributed by atoms with Crippen LogP contribution in [0.5, 0.6) is 11.5 Å². The molecule has 0 unspecified atom stereocenters. The van der Waals surface area contributed by atoms with Crippen LogP contribution in [0.15, 0.2) is 24.3 Å². The van der Waals surface area contributed by atoms with Crippen LogP contribution in [0.2, 0.25) is 0 Å². The van der Waals surface area contributed by atoms with Crippen molar-refractivity contribution in [1.29, 1.82) is 0 Å². The standard InChI is InChI=1S/C38H61O3P/c1-25(2)19-17-16-18-20-39-42-40-33-29(21-27(35(4,5)6)23-31(33)37(10,11)12)26(3)30-22-28(36(7,8)9)24-32(34(30)41-42)38(13,14)15/h21-26H,16-20H2,1-15H3. The summed E-state index contributed by atoms with van der Waals surface area (Å²) < 4.78 is 20.4. The van der Waals surface area contributed by atoms with Crippen molar-refractivity contribution in [2.45, 2.75) is 157 Å². The highest BCUT2D eigenvalue weighted by Crippen LogP contribution is 2.56. The van der Waals surface area contributed by atoms with Crippen LogP contribution < -0.4 is 9.05 Å².